The van der Waals surface area contributed by atoms with E-state index in [4.69, 9.17) is 4.74 Å². The van der Waals surface area contributed by atoms with Crippen LogP contribution in [0.25, 0.3) is 0 Å². The van der Waals surface area contributed by atoms with Gasteiger partial charge in [0.2, 0.25) is 5.91 Å². The van der Waals surface area contributed by atoms with E-state index in [9.17, 15) is 4.79 Å². The number of benzene rings is 1. The molecular weight excluding hydrogens is 380 g/mol. The van der Waals surface area contributed by atoms with Crippen molar-refractivity contribution >= 4 is 17.6 Å². The molecule has 8 nitrogen and oxygen atoms in total. The zero-order valence-corrected chi connectivity index (χ0v) is 17.6. The highest BCUT2D eigenvalue weighted by Crippen LogP contribution is 2.27. The first-order valence-corrected chi connectivity index (χ1v) is 10.2. The van der Waals surface area contributed by atoms with E-state index < -0.39 is 0 Å². The van der Waals surface area contributed by atoms with Gasteiger partial charge in [-0.3, -0.25) is 19.7 Å². The number of amides is 1. The van der Waals surface area contributed by atoms with Crippen molar-refractivity contribution in [1.82, 2.24) is 20.5 Å². The highest BCUT2D eigenvalue weighted by Gasteiger charge is 2.24. The Labute approximate surface area is 177 Å². The molecule has 1 atom stereocenters. The Balaban J connectivity index is 1.57. The van der Waals surface area contributed by atoms with Crippen molar-refractivity contribution in [3.05, 3.63) is 54.4 Å². The maximum absolute atomic E-state index is 12.2. The molecule has 8 heteroatoms. The van der Waals surface area contributed by atoms with Gasteiger partial charge in [0.15, 0.2) is 5.96 Å². The number of nitrogens with zero attached hydrogens (tertiary/aromatic N) is 3. The van der Waals surface area contributed by atoms with E-state index in [0.29, 0.717) is 18.2 Å². The summed E-state index contributed by atoms with van der Waals surface area (Å²) in [5.74, 6) is 1.28. The molecular formula is C22H30N6O2. The number of rotatable bonds is 8. The van der Waals surface area contributed by atoms with Gasteiger partial charge >= 0.3 is 0 Å². The van der Waals surface area contributed by atoms with Gasteiger partial charge in [-0.1, -0.05) is 12.1 Å². The van der Waals surface area contributed by atoms with Crippen molar-refractivity contribution in [2.75, 3.05) is 45.7 Å². The number of ether oxygens (including phenoxy) is 1. The molecule has 160 valence electrons. The van der Waals surface area contributed by atoms with Crippen molar-refractivity contribution in [1.29, 1.82) is 0 Å². The Bertz CT molecular complexity index is 837. The van der Waals surface area contributed by atoms with E-state index in [1.165, 1.54) is 18.4 Å². The van der Waals surface area contributed by atoms with E-state index in [2.05, 4.69) is 43.0 Å². The first-order chi connectivity index (χ1) is 14.7. The Morgan fingerprint density at radius 1 is 1.23 bits per heavy atom. The Hall–Kier alpha value is -3.13. The molecule has 1 saturated heterocycles. The summed E-state index contributed by atoms with van der Waals surface area (Å²) in [4.78, 5) is 22.9. The van der Waals surface area contributed by atoms with Crippen LogP contribution in [0, 0.1) is 0 Å². The number of carbonyl (C=O) groups is 1. The number of anilines is 1. The molecule has 1 amide bonds. The van der Waals surface area contributed by atoms with Gasteiger partial charge in [0.1, 0.15) is 5.75 Å². The second kappa shape index (κ2) is 11.2. The van der Waals surface area contributed by atoms with E-state index in [0.717, 1.165) is 18.8 Å². The van der Waals surface area contributed by atoms with Crippen LogP contribution in [-0.2, 0) is 4.79 Å². The molecule has 0 radical (unpaired) electrons. The second-order valence-electron chi connectivity index (χ2n) is 7.13. The monoisotopic (exact) mass is 410 g/mol. The van der Waals surface area contributed by atoms with Crippen LogP contribution in [0.4, 0.5) is 5.69 Å². The van der Waals surface area contributed by atoms with Gasteiger partial charge in [-0.2, -0.15) is 0 Å². The van der Waals surface area contributed by atoms with Gasteiger partial charge in [-0.15, -0.1) is 0 Å². The summed E-state index contributed by atoms with van der Waals surface area (Å²) in [7, 11) is 3.38. The SMILES string of the molecule is CN=C(NCC(=O)Nc1cccnc1)NCC(c1cccc(OC)c1)N1CCCC1. The van der Waals surface area contributed by atoms with Crippen LogP contribution in [0.1, 0.15) is 24.4 Å². The number of methoxy groups -OCH3 is 1. The topological polar surface area (TPSA) is 90.9 Å². The first kappa shape index (κ1) is 21.6. The van der Waals surface area contributed by atoms with Gasteiger partial charge in [-0.25, -0.2) is 0 Å². The lowest BCUT2D eigenvalue weighted by atomic mass is 10.1. The molecule has 3 N–H and O–H groups in total. The summed E-state index contributed by atoms with van der Waals surface area (Å²) >= 11 is 0. The summed E-state index contributed by atoms with van der Waals surface area (Å²) < 4.78 is 5.40. The lowest BCUT2D eigenvalue weighted by molar-refractivity contribution is -0.115. The molecule has 0 spiro atoms. The maximum atomic E-state index is 12.2. The summed E-state index contributed by atoms with van der Waals surface area (Å²) in [6.45, 7) is 2.94. The average molecular weight is 411 g/mol. The number of carbonyl (C=O) groups excluding carboxylic acids is 1. The third-order valence-corrected chi connectivity index (χ3v) is 5.11. The van der Waals surface area contributed by atoms with Crippen LogP contribution in [0.15, 0.2) is 53.8 Å². The summed E-state index contributed by atoms with van der Waals surface area (Å²) in [6, 6.07) is 12.0. The molecule has 1 fully saturated rings. The molecule has 1 aliphatic heterocycles. The normalized spacial score (nSPS) is 15.5. The number of hydrogen-bond acceptors (Lipinski definition) is 5. The average Bonchev–Trinajstić information content (AvgIpc) is 3.31. The molecule has 1 aromatic carbocycles. The number of guanidine groups is 1. The smallest absolute Gasteiger partial charge is 0.243 e. The van der Waals surface area contributed by atoms with Crippen LogP contribution < -0.4 is 20.7 Å². The zero-order valence-electron chi connectivity index (χ0n) is 17.6. The Kier molecular flexibility index (Phi) is 8.02. The molecule has 2 aromatic rings. The van der Waals surface area contributed by atoms with Crippen molar-refractivity contribution in [2.24, 2.45) is 4.99 Å². The lowest BCUT2D eigenvalue weighted by Gasteiger charge is -2.29. The van der Waals surface area contributed by atoms with Crippen molar-refractivity contribution in [2.45, 2.75) is 18.9 Å². The fourth-order valence-corrected chi connectivity index (χ4v) is 3.58. The number of aromatic nitrogens is 1. The Morgan fingerprint density at radius 2 is 2.07 bits per heavy atom. The predicted molar refractivity (Wildman–Crippen MR) is 119 cm³/mol. The number of hydrogen-bond donors (Lipinski definition) is 3. The molecule has 0 saturated carbocycles. The highest BCUT2D eigenvalue weighted by atomic mass is 16.5. The van der Waals surface area contributed by atoms with Crippen LogP contribution in [-0.4, -0.2) is 62.1 Å². The second-order valence-corrected chi connectivity index (χ2v) is 7.13. The van der Waals surface area contributed by atoms with E-state index >= 15 is 0 Å². The van der Waals surface area contributed by atoms with E-state index in [1.54, 1.807) is 38.7 Å². The van der Waals surface area contributed by atoms with Crippen LogP contribution in [0.5, 0.6) is 5.75 Å². The van der Waals surface area contributed by atoms with Gasteiger partial charge in [0, 0.05) is 19.8 Å². The minimum atomic E-state index is -0.158. The van der Waals surface area contributed by atoms with Crippen molar-refractivity contribution < 1.29 is 9.53 Å². The van der Waals surface area contributed by atoms with Gasteiger partial charge in [-0.05, 0) is 55.8 Å². The van der Waals surface area contributed by atoms with Gasteiger partial charge in [0.05, 0.1) is 31.6 Å². The molecule has 0 aliphatic carbocycles. The van der Waals surface area contributed by atoms with Crippen LogP contribution in [0.2, 0.25) is 0 Å². The molecule has 3 rings (SSSR count). The van der Waals surface area contributed by atoms with Crippen molar-refractivity contribution in [3.8, 4) is 5.75 Å². The largest absolute Gasteiger partial charge is 0.497 e. The number of nitrogens with one attached hydrogen (secondary N) is 3. The first-order valence-electron chi connectivity index (χ1n) is 10.2. The molecule has 0 bridgehead atoms. The number of pyridine rings is 1. The third-order valence-electron chi connectivity index (χ3n) is 5.11. The number of likely N-dealkylation sites (tertiary alicyclic amines) is 1. The maximum Gasteiger partial charge on any atom is 0.243 e. The van der Waals surface area contributed by atoms with E-state index in [1.807, 2.05) is 12.1 Å². The lowest BCUT2D eigenvalue weighted by Crippen LogP contribution is -2.44. The highest BCUT2D eigenvalue weighted by molar-refractivity contribution is 5.94. The number of aliphatic imine (C=N–C) groups is 1. The molecule has 30 heavy (non-hydrogen) atoms. The fraction of sp³-hybridized carbons (Fsp3) is 0.409. The Morgan fingerprint density at radius 3 is 2.77 bits per heavy atom. The van der Waals surface area contributed by atoms with E-state index in [-0.39, 0.29) is 18.5 Å². The third kappa shape index (κ3) is 6.18. The summed E-state index contributed by atoms with van der Waals surface area (Å²) in [5.41, 5.74) is 1.87. The summed E-state index contributed by atoms with van der Waals surface area (Å²) in [6.07, 6.45) is 5.70. The van der Waals surface area contributed by atoms with Gasteiger partial charge < -0.3 is 20.7 Å². The summed E-state index contributed by atoms with van der Waals surface area (Å²) in [5, 5.41) is 9.24. The predicted octanol–water partition coefficient (Wildman–Crippen LogP) is 2.03. The van der Waals surface area contributed by atoms with Gasteiger partial charge in [0.25, 0.3) is 0 Å². The molecule has 1 aliphatic rings. The standard InChI is InChI=1S/C22H30N6O2/c1-23-22(26-16-21(29)27-18-8-6-10-24-14-18)25-15-20(28-11-3-4-12-28)17-7-5-9-19(13-17)30-2/h5-10,13-14,20H,3-4,11-12,15-16H2,1-2H3,(H,27,29)(H2,23,25,26). The minimum Gasteiger partial charge on any atom is -0.497 e. The zero-order chi connectivity index (χ0) is 21.2. The van der Waals surface area contributed by atoms with Crippen LogP contribution in [0.3, 0.4) is 0 Å². The molecule has 1 unspecified atom stereocenters. The molecule has 2 heterocycles. The fourth-order valence-electron chi connectivity index (χ4n) is 3.58. The van der Waals surface area contributed by atoms with Crippen LogP contribution >= 0.6 is 0 Å². The molecule has 1 aromatic heterocycles. The quantitative estimate of drug-likeness (QED) is 0.456. The minimum absolute atomic E-state index is 0.113. The van der Waals surface area contributed by atoms with Crippen molar-refractivity contribution in [3.63, 3.8) is 0 Å².